The van der Waals surface area contributed by atoms with Gasteiger partial charge >= 0.3 is 12.1 Å². The molecule has 1 aliphatic rings. The lowest BCUT2D eigenvalue weighted by Gasteiger charge is -2.39. The van der Waals surface area contributed by atoms with Gasteiger partial charge in [-0.15, -0.1) is 0 Å². The van der Waals surface area contributed by atoms with Crippen molar-refractivity contribution in [2.75, 3.05) is 32.6 Å². The number of carbonyl (C=O) groups is 9. The van der Waals surface area contributed by atoms with Gasteiger partial charge in [0.1, 0.15) is 6.61 Å². The van der Waals surface area contributed by atoms with E-state index in [-0.39, 0.29) is 110 Å². The third kappa shape index (κ3) is 18.9. The number of nitrogens with one attached hydrogen (secondary N) is 4. The standard InChI is InChI=1S/C49H77N7O11/c1-12-32(6)44(33(7)66-11)55(10)46(63)37(30(2)3)28-39(58)49(8,9)54-48(65)67-29-34-19-21-36(22-20-34)52-45(62)35(17-16-25-51-47(50)64)27-38(57)43(31(4)5)53-40(59)18-14-13-15-26-56-41(60)23-24-42(56)61/h19-24,30-33,35,37,43-44H,12-18,25-29H2,1-11H3,(H,52,62)(H,53,59)(H,54,65)(H3,50,51,64)/t32-,33+,35+,37-,43-,44-/m0/s1. The van der Waals surface area contributed by atoms with Gasteiger partial charge in [0.15, 0.2) is 11.6 Å². The number of hydrogen-bond donors (Lipinski definition) is 5. The van der Waals surface area contributed by atoms with E-state index in [1.807, 2.05) is 20.8 Å². The number of nitrogens with two attached hydrogens (primary N) is 1. The smallest absolute Gasteiger partial charge is 0.408 e. The fourth-order valence-corrected chi connectivity index (χ4v) is 7.95. The molecule has 0 saturated heterocycles. The van der Waals surface area contributed by atoms with Crippen molar-refractivity contribution in [3.05, 3.63) is 42.0 Å². The first kappa shape index (κ1) is 57.5. The number of hydrogen-bond acceptors (Lipinski definition) is 11. The number of nitrogens with zero attached hydrogens (tertiary/aromatic N) is 2. The number of amides is 8. The van der Waals surface area contributed by atoms with Crippen molar-refractivity contribution < 1.29 is 52.6 Å². The van der Waals surface area contributed by atoms with Gasteiger partial charge in [0.05, 0.1) is 23.7 Å². The van der Waals surface area contributed by atoms with Gasteiger partial charge in [0.2, 0.25) is 17.7 Å². The third-order valence-electron chi connectivity index (χ3n) is 12.5. The number of Topliss-reactive ketones (excluding diaryl/α,β-unsaturated/α-hetero) is 2. The Morgan fingerprint density at radius 2 is 1.48 bits per heavy atom. The van der Waals surface area contributed by atoms with Gasteiger partial charge in [-0.1, -0.05) is 66.5 Å². The van der Waals surface area contributed by atoms with Gasteiger partial charge in [-0.3, -0.25) is 38.5 Å². The highest BCUT2D eigenvalue weighted by Crippen LogP contribution is 2.27. The number of alkyl carbamates (subject to hydrolysis) is 1. The minimum atomic E-state index is -1.35. The molecule has 18 nitrogen and oxygen atoms in total. The second-order valence-corrected chi connectivity index (χ2v) is 18.8. The summed E-state index contributed by atoms with van der Waals surface area (Å²) in [7, 11) is 3.36. The zero-order valence-electron chi connectivity index (χ0n) is 41.5. The molecule has 8 amide bonds. The lowest BCUT2D eigenvalue weighted by molar-refractivity contribution is -0.145. The Balaban J connectivity index is 2.01. The van der Waals surface area contributed by atoms with Crippen LogP contribution in [0.3, 0.4) is 0 Å². The highest BCUT2D eigenvalue weighted by molar-refractivity contribution is 6.12. The molecule has 374 valence electrons. The van der Waals surface area contributed by atoms with E-state index in [1.165, 1.54) is 12.2 Å². The average molecular weight is 940 g/mol. The average Bonchev–Trinajstić information content (AvgIpc) is 3.59. The van der Waals surface area contributed by atoms with Crippen LogP contribution in [0.4, 0.5) is 15.3 Å². The number of urea groups is 1. The van der Waals surface area contributed by atoms with Crippen LogP contribution < -0.4 is 27.0 Å². The Labute approximate surface area is 396 Å². The zero-order valence-corrected chi connectivity index (χ0v) is 41.5. The first-order chi connectivity index (χ1) is 31.4. The molecular formula is C49H77N7O11. The van der Waals surface area contributed by atoms with Gasteiger partial charge in [-0.25, -0.2) is 9.59 Å². The molecular weight excluding hydrogens is 863 g/mol. The molecule has 6 N–H and O–H groups in total. The maximum absolute atomic E-state index is 13.8. The Hall–Kier alpha value is -5.65. The molecule has 67 heavy (non-hydrogen) atoms. The van der Waals surface area contributed by atoms with Crippen LogP contribution in [-0.4, -0.2) is 114 Å². The Morgan fingerprint density at radius 3 is 2.03 bits per heavy atom. The van der Waals surface area contributed by atoms with Gasteiger partial charge in [-0.2, -0.15) is 0 Å². The van der Waals surface area contributed by atoms with Crippen molar-refractivity contribution in [2.24, 2.45) is 35.3 Å². The molecule has 0 radical (unpaired) electrons. The Morgan fingerprint density at radius 1 is 0.851 bits per heavy atom. The van der Waals surface area contributed by atoms with Crippen molar-refractivity contribution >= 4 is 58.9 Å². The number of methoxy groups -OCH3 is 1. The predicted octanol–water partition coefficient (Wildman–Crippen LogP) is 5.42. The van der Waals surface area contributed by atoms with Gasteiger partial charge in [0.25, 0.3) is 11.8 Å². The van der Waals surface area contributed by atoms with Crippen LogP contribution in [0.2, 0.25) is 0 Å². The second kappa shape index (κ2) is 27.9. The maximum Gasteiger partial charge on any atom is 0.408 e. The zero-order chi connectivity index (χ0) is 50.6. The number of ketones is 2. The molecule has 2 rings (SSSR count). The summed E-state index contributed by atoms with van der Waals surface area (Å²) in [4.78, 5) is 118. The van der Waals surface area contributed by atoms with E-state index in [0.717, 1.165) is 11.3 Å². The third-order valence-corrected chi connectivity index (χ3v) is 12.5. The van der Waals surface area contributed by atoms with Crippen molar-refractivity contribution in [1.82, 2.24) is 25.8 Å². The summed E-state index contributed by atoms with van der Waals surface area (Å²) < 4.78 is 11.1. The lowest BCUT2D eigenvalue weighted by Crippen LogP contribution is -2.53. The van der Waals surface area contributed by atoms with E-state index in [2.05, 4.69) is 35.1 Å². The Kier molecular flexibility index (Phi) is 23.9. The van der Waals surface area contributed by atoms with Crippen LogP contribution in [0.1, 0.15) is 126 Å². The molecule has 0 aromatic heterocycles. The van der Waals surface area contributed by atoms with Crippen LogP contribution in [0.25, 0.3) is 0 Å². The van der Waals surface area contributed by atoms with Crippen LogP contribution in [-0.2, 0) is 49.6 Å². The van der Waals surface area contributed by atoms with Gasteiger partial charge in [-0.05, 0) is 81.9 Å². The summed E-state index contributed by atoms with van der Waals surface area (Å²) in [5.41, 5.74) is 4.86. The van der Waals surface area contributed by atoms with Crippen LogP contribution in [0.15, 0.2) is 36.4 Å². The summed E-state index contributed by atoms with van der Waals surface area (Å²) in [6, 6.07) is 4.76. The summed E-state index contributed by atoms with van der Waals surface area (Å²) >= 11 is 0. The topological polar surface area (TPSA) is 253 Å². The number of carbonyl (C=O) groups excluding carboxylic acids is 9. The molecule has 0 fully saturated rings. The molecule has 1 heterocycles. The van der Waals surface area contributed by atoms with Crippen molar-refractivity contribution in [3.8, 4) is 0 Å². The number of imide groups is 1. The van der Waals surface area contributed by atoms with E-state index in [9.17, 15) is 43.2 Å². The number of anilines is 1. The number of ether oxygens (including phenoxy) is 2. The number of likely N-dealkylation sites (N-methyl/N-ethyl adjacent to an activating group) is 1. The first-order valence-electron chi connectivity index (χ1n) is 23.5. The molecule has 0 spiro atoms. The van der Waals surface area contributed by atoms with Crippen LogP contribution in [0, 0.1) is 29.6 Å². The summed E-state index contributed by atoms with van der Waals surface area (Å²) in [6.45, 7) is 16.9. The van der Waals surface area contributed by atoms with Crippen LogP contribution in [0.5, 0.6) is 0 Å². The molecule has 1 aliphatic heterocycles. The molecule has 0 bridgehead atoms. The maximum atomic E-state index is 13.8. The largest absolute Gasteiger partial charge is 0.445 e. The summed E-state index contributed by atoms with van der Waals surface area (Å²) in [6.07, 6.45) is 4.31. The van der Waals surface area contributed by atoms with E-state index < -0.39 is 41.4 Å². The van der Waals surface area contributed by atoms with E-state index in [0.29, 0.717) is 36.9 Å². The highest BCUT2D eigenvalue weighted by atomic mass is 16.5. The first-order valence-corrected chi connectivity index (χ1v) is 23.5. The van der Waals surface area contributed by atoms with E-state index >= 15 is 0 Å². The monoisotopic (exact) mass is 940 g/mol. The fourth-order valence-electron chi connectivity index (χ4n) is 7.95. The summed E-state index contributed by atoms with van der Waals surface area (Å²) in [5, 5.41) is 10.8. The number of unbranched alkanes of at least 4 members (excludes halogenated alkanes) is 2. The quantitative estimate of drug-likeness (QED) is 0.0481. The van der Waals surface area contributed by atoms with Crippen molar-refractivity contribution in [1.29, 1.82) is 0 Å². The second-order valence-electron chi connectivity index (χ2n) is 18.8. The normalized spacial score (nSPS) is 15.3. The SMILES string of the molecule is CC[C@H](C)[C@@H]([C@@H](C)OC)N(C)C(=O)[C@@H](CC(=O)C(C)(C)NC(=O)OCc1ccc(NC(=O)[C@H](CCCNC(N)=O)CC(=O)[C@@H](NC(=O)CCCCCN2C(=O)C=CC2=O)C(C)C)cc1)C(C)C. The van der Waals surface area contributed by atoms with Crippen LogP contribution >= 0.6 is 0 Å². The summed E-state index contributed by atoms with van der Waals surface area (Å²) in [5.74, 6) is -4.01. The molecule has 0 saturated carbocycles. The fraction of sp³-hybridized carbons (Fsp3) is 0.653. The van der Waals surface area contributed by atoms with E-state index in [4.69, 9.17) is 15.2 Å². The van der Waals surface area contributed by atoms with E-state index in [1.54, 1.807) is 71.0 Å². The number of primary amides is 1. The molecule has 1 aromatic carbocycles. The molecule has 18 heteroatoms. The number of rotatable bonds is 30. The molecule has 0 aliphatic carbocycles. The van der Waals surface area contributed by atoms with Crippen molar-refractivity contribution in [2.45, 2.75) is 150 Å². The molecule has 0 unspecified atom stereocenters. The number of benzene rings is 1. The molecule has 1 aromatic rings. The lowest BCUT2D eigenvalue weighted by atomic mass is 9.83. The van der Waals surface area contributed by atoms with Gasteiger partial charge in [0, 0.05) is 76.2 Å². The Bertz CT molecular complexity index is 1870. The molecule has 6 atom stereocenters. The minimum Gasteiger partial charge on any atom is -0.445 e. The van der Waals surface area contributed by atoms with Crippen molar-refractivity contribution in [3.63, 3.8) is 0 Å². The minimum absolute atomic E-state index is 0.0832. The van der Waals surface area contributed by atoms with Gasteiger partial charge < -0.3 is 41.4 Å². The highest BCUT2D eigenvalue weighted by Gasteiger charge is 2.39. The predicted molar refractivity (Wildman–Crippen MR) is 254 cm³/mol.